The highest BCUT2D eigenvalue weighted by Crippen LogP contribution is 2.30. The maximum absolute atomic E-state index is 5.36. The van der Waals surface area contributed by atoms with Gasteiger partial charge in [0.25, 0.3) is 0 Å². The number of hydrogen-bond acceptors (Lipinski definition) is 6. The molecule has 1 aromatic carbocycles. The van der Waals surface area contributed by atoms with Crippen LogP contribution in [0.5, 0.6) is 5.75 Å². The van der Waals surface area contributed by atoms with E-state index in [0.717, 1.165) is 10.9 Å². The second kappa shape index (κ2) is 5.45. The van der Waals surface area contributed by atoms with Crippen molar-refractivity contribution in [2.75, 3.05) is 12.4 Å². The number of para-hydroxylation sites is 1. The summed E-state index contributed by atoms with van der Waals surface area (Å²) in [5, 5.41) is 11.4. The lowest BCUT2D eigenvalue weighted by atomic mass is 10.2. The fourth-order valence-corrected chi connectivity index (χ4v) is 2.34. The Morgan fingerprint density at radius 3 is 2.87 bits per heavy atom. The van der Waals surface area contributed by atoms with E-state index in [1.54, 1.807) is 19.4 Å². The Labute approximate surface area is 131 Å². The Morgan fingerprint density at radius 1 is 1.13 bits per heavy atom. The zero-order valence-electron chi connectivity index (χ0n) is 12.3. The van der Waals surface area contributed by atoms with Gasteiger partial charge in [0.05, 0.1) is 18.8 Å². The summed E-state index contributed by atoms with van der Waals surface area (Å²) in [5.41, 5.74) is 1.55. The van der Waals surface area contributed by atoms with E-state index in [4.69, 9.17) is 9.15 Å². The first-order valence-corrected chi connectivity index (χ1v) is 7.00. The number of ether oxygens (including phenoxy) is 1. The second-order valence-electron chi connectivity index (χ2n) is 4.83. The monoisotopic (exact) mass is 307 g/mol. The van der Waals surface area contributed by atoms with Gasteiger partial charge in [-0.3, -0.25) is 5.10 Å². The Kier molecular flexibility index (Phi) is 3.16. The van der Waals surface area contributed by atoms with Gasteiger partial charge in [0.2, 0.25) is 5.89 Å². The van der Waals surface area contributed by atoms with Crippen molar-refractivity contribution in [3.05, 3.63) is 48.9 Å². The highest BCUT2D eigenvalue weighted by Gasteiger charge is 2.13. The Balaban J connectivity index is 1.76. The predicted octanol–water partition coefficient (Wildman–Crippen LogP) is 3.37. The molecule has 0 aliphatic heterocycles. The van der Waals surface area contributed by atoms with Crippen LogP contribution in [0, 0.1) is 0 Å². The molecule has 7 nitrogen and oxygen atoms in total. The molecular formula is C16H13N5O2. The van der Waals surface area contributed by atoms with Crippen LogP contribution in [0.15, 0.2) is 53.3 Å². The van der Waals surface area contributed by atoms with Crippen LogP contribution in [0.1, 0.15) is 0 Å². The Morgan fingerprint density at radius 2 is 2.04 bits per heavy atom. The highest BCUT2D eigenvalue weighted by atomic mass is 16.5. The number of pyridine rings is 1. The number of aromatic nitrogens is 4. The third-order valence-corrected chi connectivity index (χ3v) is 3.44. The van der Waals surface area contributed by atoms with E-state index in [0.29, 0.717) is 29.0 Å². The van der Waals surface area contributed by atoms with Crippen molar-refractivity contribution in [3.8, 4) is 17.3 Å². The number of nitrogens with zero attached hydrogens (tertiary/aromatic N) is 3. The first kappa shape index (κ1) is 13.3. The smallest absolute Gasteiger partial charge is 0.245 e. The van der Waals surface area contributed by atoms with E-state index in [9.17, 15) is 0 Å². The summed E-state index contributed by atoms with van der Waals surface area (Å²) >= 11 is 0. The van der Waals surface area contributed by atoms with Gasteiger partial charge in [0, 0.05) is 5.39 Å². The minimum absolute atomic E-state index is 0.447. The lowest BCUT2D eigenvalue weighted by Crippen LogP contribution is -1.99. The quantitative estimate of drug-likeness (QED) is 0.601. The lowest BCUT2D eigenvalue weighted by molar-refractivity contribution is 0.415. The number of H-pyrrole nitrogens is 1. The van der Waals surface area contributed by atoms with Crippen LogP contribution in [-0.2, 0) is 0 Å². The molecule has 4 aromatic rings. The number of nitrogens with one attached hydrogen (secondary N) is 2. The molecule has 0 spiro atoms. The fourth-order valence-electron chi connectivity index (χ4n) is 2.34. The summed E-state index contributed by atoms with van der Waals surface area (Å²) in [4.78, 5) is 8.63. The average Bonchev–Trinajstić information content (AvgIpc) is 3.25. The average molecular weight is 307 g/mol. The molecule has 0 aliphatic carbocycles. The first-order valence-electron chi connectivity index (χ1n) is 7.00. The first-order chi connectivity index (χ1) is 11.3. The van der Waals surface area contributed by atoms with Gasteiger partial charge < -0.3 is 14.5 Å². The van der Waals surface area contributed by atoms with E-state index in [2.05, 4.69) is 25.5 Å². The topological polar surface area (TPSA) is 88.9 Å². The third-order valence-electron chi connectivity index (χ3n) is 3.44. The third kappa shape index (κ3) is 2.38. The van der Waals surface area contributed by atoms with Crippen molar-refractivity contribution in [2.24, 2.45) is 0 Å². The minimum atomic E-state index is 0.447. The van der Waals surface area contributed by atoms with Crippen molar-refractivity contribution >= 4 is 22.5 Å². The second-order valence-corrected chi connectivity index (χ2v) is 4.83. The normalized spacial score (nSPS) is 10.8. The number of fused-ring (bicyclic) bond motifs is 1. The molecule has 0 radical (unpaired) electrons. The molecule has 3 aromatic heterocycles. The number of hydrogen-bond donors (Lipinski definition) is 2. The Hall–Kier alpha value is -3.35. The summed E-state index contributed by atoms with van der Waals surface area (Å²) in [6.45, 7) is 0. The van der Waals surface area contributed by atoms with Crippen molar-refractivity contribution in [2.45, 2.75) is 0 Å². The molecular weight excluding hydrogens is 294 g/mol. The SMILES string of the molecule is COc1ccc(-c2ncco2)nc1Nc1n[nH]c2ccccc12. The van der Waals surface area contributed by atoms with Gasteiger partial charge >= 0.3 is 0 Å². The molecule has 0 aliphatic rings. The molecule has 0 bridgehead atoms. The van der Waals surface area contributed by atoms with Crippen molar-refractivity contribution in [1.82, 2.24) is 20.2 Å². The van der Waals surface area contributed by atoms with Crippen molar-refractivity contribution < 1.29 is 9.15 Å². The van der Waals surface area contributed by atoms with Gasteiger partial charge in [0.15, 0.2) is 17.4 Å². The number of benzene rings is 1. The molecule has 23 heavy (non-hydrogen) atoms. The van der Waals surface area contributed by atoms with Gasteiger partial charge in [-0.1, -0.05) is 12.1 Å². The number of methoxy groups -OCH3 is 1. The summed E-state index contributed by atoms with van der Waals surface area (Å²) in [6.07, 6.45) is 3.09. The van der Waals surface area contributed by atoms with Gasteiger partial charge in [-0.2, -0.15) is 5.10 Å². The molecule has 3 heterocycles. The molecule has 2 N–H and O–H groups in total. The summed E-state index contributed by atoms with van der Waals surface area (Å²) in [5.74, 6) is 2.27. The molecule has 0 saturated carbocycles. The summed E-state index contributed by atoms with van der Waals surface area (Å²) in [7, 11) is 1.59. The van der Waals surface area contributed by atoms with Crippen molar-refractivity contribution in [3.63, 3.8) is 0 Å². The number of anilines is 2. The van der Waals surface area contributed by atoms with Crippen LogP contribution < -0.4 is 10.1 Å². The van der Waals surface area contributed by atoms with E-state index >= 15 is 0 Å². The molecule has 0 unspecified atom stereocenters. The van der Waals surface area contributed by atoms with Gasteiger partial charge in [-0.05, 0) is 24.3 Å². The molecule has 7 heteroatoms. The predicted molar refractivity (Wildman–Crippen MR) is 85.7 cm³/mol. The van der Waals surface area contributed by atoms with E-state index < -0.39 is 0 Å². The Bertz CT molecular complexity index is 946. The lowest BCUT2D eigenvalue weighted by Gasteiger charge is -2.09. The minimum Gasteiger partial charge on any atom is -0.493 e. The van der Waals surface area contributed by atoms with Crippen LogP contribution >= 0.6 is 0 Å². The number of aromatic amines is 1. The number of oxazole rings is 1. The van der Waals surface area contributed by atoms with Gasteiger partial charge in [0.1, 0.15) is 12.0 Å². The van der Waals surface area contributed by atoms with Crippen LogP contribution in [-0.4, -0.2) is 27.3 Å². The van der Waals surface area contributed by atoms with Crippen LogP contribution in [0.25, 0.3) is 22.5 Å². The molecule has 114 valence electrons. The molecule has 0 atom stereocenters. The summed E-state index contributed by atoms with van der Waals surface area (Å²) < 4.78 is 10.7. The standard InChI is InChI=1S/C16H13N5O2/c1-22-13-7-6-12(16-17-8-9-23-16)18-15(13)19-14-10-4-2-3-5-11(10)20-21-14/h2-9H,1H3,(H2,18,19,20,21). The van der Waals surface area contributed by atoms with Crippen molar-refractivity contribution in [1.29, 1.82) is 0 Å². The highest BCUT2D eigenvalue weighted by molar-refractivity contribution is 5.91. The fraction of sp³-hybridized carbons (Fsp3) is 0.0625. The summed E-state index contributed by atoms with van der Waals surface area (Å²) in [6, 6.07) is 11.4. The number of rotatable bonds is 4. The molecule has 0 fully saturated rings. The maximum Gasteiger partial charge on any atom is 0.245 e. The zero-order chi connectivity index (χ0) is 15.6. The van der Waals surface area contributed by atoms with Gasteiger partial charge in [-0.25, -0.2) is 9.97 Å². The maximum atomic E-state index is 5.36. The van der Waals surface area contributed by atoms with Crippen LogP contribution in [0.4, 0.5) is 11.6 Å². The molecule has 0 saturated heterocycles. The molecule has 0 amide bonds. The van der Waals surface area contributed by atoms with E-state index in [1.165, 1.54) is 6.26 Å². The van der Waals surface area contributed by atoms with Crippen LogP contribution in [0.3, 0.4) is 0 Å². The van der Waals surface area contributed by atoms with Gasteiger partial charge in [-0.15, -0.1) is 0 Å². The largest absolute Gasteiger partial charge is 0.493 e. The zero-order valence-corrected chi connectivity index (χ0v) is 12.3. The van der Waals surface area contributed by atoms with E-state index in [1.807, 2.05) is 30.3 Å². The van der Waals surface area contributed by atoms with Crippen LogP contribution in [0.2, 0.25) is 0 Å². The van der Waals surface area contributed by atoms with E-state index in [-0.39, 0.29) is 0 Å². The molecule has 4 rings (SSSR count).